The zero-order valence-corrected chi connectivity index (χ0v) is 12.7. The normalized spacial score (nSPS) is 15.4. The summed E-state index contributed by atoms with van der Waals surface area (Å²) in [5, 5.41) is 1.95. The Hall–Kier alpha value is -1.62. The van der Waals surface area contributed by atoms with E-state index in [1.807, 2.05) is 28.6 Å². The molecule has 1 saturated heterocycles. The summed E-state index contributed by atoms with van der Waals surface area (Å²) in [7, 11) is 0. The molecule has 1 aliphatic heterocycles. The van der Waals surface area contributed by atoms with Crippen molar-refractivity contribution in [2.24, 2.45) is 0 Å². The first-order valence-electron chi connectivity index (χ1n) is 7.05. The molecule has 4 nitrogen and oxygen atoms in total. The van der Waals surface area contributed by atoms with Crippen molar-refractivity contribution < 1.29 is 4.79 Å². The predicted molar refractivity (Wildman–Crippen MR) is 80.2 cm³/mol. The van der Waals surface area contributed by atoms with E-state index in [-0.39, 0.29) is 5.91 Å². The maximum atomic E-state index is 12.2. The Balaban J connectivity index is 1.67. The molecule has 20 heavy (non-hydrogen) atoms. The first kappa shape index (κ1) is 13.4. The van der Waals surface area contributed by atoms with Gasteiger partial charge in [0, 0.05) is 31.5 Å². The molecule has 0 unspecified atom stereocenters. The summed E-state index contributed by atoms with van der Waals surface area (Å²) in [6.45, 7) is 6.86. The second-order valence-corrected chi connectivity index (χ2v) is 6.24. The largest absolute Gasteiger partial charge is 0.336 e. The van der Waals surface area contributed by atoms with Gasteiger partial charge in [0.25, 0.3) is 5.91 Å². The Morgan fingerprint density at radius 3 is 2.95 bits per heavy atom. The van der Waals surface area contributed by atoms with E-state index in [2.05, 4.69) is 23.4 Å². The zero-order chi connectivity index (χ0) is 14.1. The standard InChI is InChI=1S/C15H19N3OS/c1-3-6-18-11(2)8-16-14(18)12-9-17(10-12)15(19)13-5-4-7-20-13/h4-5,7-8,12H,3,6,9-10H2,1-2H3. The van der Waals surface area contributed by atoms with Crippen LogP contribution in [0.25, 0.3) is 0 Å². The molecule has 0 aliphatic carbocycles. The number of aromatic nitrogens is 2. The van der Waals surface area contributed by atoms with Crippen molar-refractivity contribution >= 4 is 17.2 Å². The number of thiophene rings is 1. The van der Waals surface area contributed by atoms with Crippen molar-refractivity contribution in [3.05, 3.63) is 40.1 Å². The number of aryl methyl sites for hydroxylation is 1. The van der Waals surface area contributed by atoms with Gasteiger partial charge in [0.05, 0.1) is 10.8 Å². The number of nitrogens with zero attached hydrogens (tertiary/aromatic N) is 3. The van der Waals surface area contributed by atoms with Crippen molar-refractivity contribution in [3.63, 3.8) is 0 Å². The van der Waals surface area contributed by atoms with Gasteiger partial charge in [-0.05, 0) is 24.8 Å². The van der Waals surface area contributed by atoms with Crippen LogP contribution in [0.15, 0.2) is 23.7 Å². The zero-order valence-electron chi connectivity index (χ0n) is 11.9. The van der Waals surface area contributed by atoms with Gasteiger partial charge in [-0.25, -0.2) is 4.98 Å². The lowest BCUT2D eigenvalue weighted by Gasteiger charge is -2.38. The highest BCUT2D eigenvalue weighted by atomic mass is 32.1. The molecule has 0 bridgehead atoms. The molecular formula is C15H19N3OS. The fourth-order valence-corrected chi connectivity index (χ4v) is 3.37. The molecule has 2 aromatic rings. The fourth-order valence-electron chi connectivity index (χ4n) is 2.68. The average molecular weight is 289 g/mol. The van der Waals surface area contributed by atoms with Gasteiger partial charge in [0.15, 0.2) is 0 Å². The highest BCUT2D eigenvalue weighted by molar-refractivity contribution is 7.12. The van der Waals surface area contributed by atoms with Crippen LogP contribution in [0.5, 0.6) is 0 Å². The summed E-state index contributed by atoms with van der Waals surface area (Å²) in [5.41, 5.74) is 1.21. The summed E-state index contributed by atoms with van der Waals surface area (Å²) in [6.07, 6.45) is 3.05. The lowest BCUT2D eigenvalue weighted by molar-refractivity contribution is 0.0596. The monoisotopic (exact) mass is 289 g/mol. The smallest absolute Gasteiger partial charge is 0.263 e. The van der Waals surface area contributed by atoms with Gasteiger partial charge in [0.2, 0.25) is 0 Å². The molecule has 0 N–H and O–H groups in total. The summed E-state index contributed by atoms with van der Waals surface area (Å²) in [4.78, 5) is 19.5. The highest BCUT2D eigenvalue weighted by Gasteiger charge is 2.35. The van der Waals surface area contributed by atoms with E-state index in [0.29, 0.717) is 5.92 Å². The third-order valence-corrected chi connectivity index (χ3v) is 4.66. The third kappa shape index (κ3) is 2.26. The van der Waals surface area contributed by atoms with Crippen LogP contribution in [0.3, 0.4) is 0 Å². The number of rotatable bonds is 4. The number of likely N-dealkylation sites (tertiary alicyclic amines) is 1. The first-order valence-corrected chi connectivity index (χ1v) is 7.93. The van der Waals surface area contributed by atoms with Crippen LogP contribution in [0.2, 0.25) is 0 Å². The van der Waals surface area contributed by atoms with E-state index in [4.69, 9.17) is 0 Å². The van der Waals surface area contributed by atoms with Crippen LogP contribution in [0.4, 0.5) is 0 Å². The minimum atomic E-state index is 0.154. The van der Waals surface area contributed by atoms with Crippen molar-refractivity contribution in [2.75, 3.05) is 13.1 Å². The number of hydrogen-bond donors (Lipinski definition) is 0. The molecule has 5 heteroatoms. The number of hydrogen-bond acceptors (Lipinski definition) is 3. The molecule has 1 fully saturated rings. The Morgan fingerprint density at radius 2 is 2.30 bits per heavy atom. The maximum Gasteiger partial charge on any atom is 0.263 e. The molecule has 0 radical (unpaired) electrons. The van der Waals surface area contributed by atoms with E-state index >= 15 is 0 Å². The Kier molecular flexibility index (Phi) is 3.61. The van der Waals surface area contributed by atoms with Crippen molar-refractivity contribution in [3.8, 4) is 0 Å². The summed E-state index contributed by atoms with van der Waals surface area (Å²) in [5.74, 6) is 1.68. The highest BCUT2D eigenvalue weighted by Crippen LogP contribution is 2.29. The number of amides is 1. The van der Waals surface area contributed by atoms with Crippen molar-refractivity contribution in [1.29, 1.82) is 0 Å². The van der Waals surface area contributed by atoms with E-state index in [1.54, 1.807) is 0 Å². The average Bonchev–Trinajstić information content (AvgIpc) is 3.01. The molecular weight excluding hydrogens is 270 g/mol. The molecule has 3 heterocycles. The van der Waals surface area contributed by atoms with Crippen molar-refractivity contribution in [1.82, 2.24) is 14.5 Å². The van der Waals surface area contributed by atoms with E-state index < -0.39 is 0 Å². The molecule has 2 aromatic heterocycles. The Labute approximate surface area is 123 Å². The second-order valence-electron chi connectivity index (χ2n) is 5.29. The van der Waals surface area contributed by atoms with Crippen LogP contribution >= 0.6 is 11.3 Å². The minimum absolute atomic E-state index is 0.154. The van der Waals surface area contributed by atoms with Gasteiger partial charge in [0.1, 0.15) is 5.82 Å². The lowest BCUT2D eigenvalue weighted by Crippen LogP contribution is -2.49. The number of imidazole rings is 1. The molecule has 0 atom stereocenters. The van der Waals surface area contributed by atoms with Gasteiger partial charge in [-0.2, -0.15) is 0 Å². The summed E-state index contributed by atoms with van der Waals surface area (Å²) < 4.78 is 2.29. The van der Waals surface area contributed by atoms with E-state index in [1.165, 1.54) is 17.0 Å². The molecule has 0 aromatic carbocycles. The van der Waals surface area contributed by atoms with Gasteiger partial charge in [-0.15, -0.1) is 11.3 Å². The van der Waals surface area contributed by atoms with Crippen LogP contribution in [0, 0.1) is 6.92 Å². The SMILES string of the molecule is CCCn1c(C)cnc1C1CN(C(=O)c2cccs2)C1. The minimum Gasteiger partial charge on any atom is -0.336 e. The van der Waals surface area contributed by atoms with Gasteiger partial charge >= 0.3 is 0 Å². The first-order chi connectivity index (χ1) is 9.70. The van der Waals surface area contributed by atoms with E-state index in [9.17, 15) is 4.79 Å². The summed E-state index contributed by atoms with van der Waals surface area (Å²) >= 11 is 1.51. The summed E-state index contributed by atoms with van der Waals surface area (Å²) in [6, 6.07) is 3.81. The van der Waals surface area contributed by atoms with Gasteiger partial charge < -0.3 is 9.47 Å². The van der Waals surface area contributed by atoms with Crippen molar-refractivity contribution in [2.45, 2.75) is 32.7 Å². The van der Waals surface area contributed by atoms with Gasteiger partial charge in [-0.1, -0.05) is 13.0 Å². The second kappa shape index (κ2) is 5.40. The fraction of sp³-hybridized carbons (Fsp3) is 0.467. The van der Waals surface area contributed by atoms with Crippen LogP contribution in [-0.2, 0) is 6.54 Å². The quantitative estimate of drug-likeness (QED) is 0.868. The molecule has 1 aliphatic rings. The lowest BCUT2D eigenvalue weighted by atomic mass is 9.98. The molecule has 0 spiro atoms. The van der Waals surface area contributed by atoms with Crippen LogP contribution in [-0.4, -0.2) is 33.4 Å². The topological polar surface area (TPSA) is 38.1 Å². The third-order valence-electron chi connectivity index (χ3n) is 3.80. The van der Waals surface area contributed by atoms with Crippen LogP contribution in [0.1, 0.15) is 40.5 Å². The number of carbonyl (C=O) groups is 1. The Bertz CT molecular complexity index is 597. The molecule has 3 rings (SSSR count). The van der Waals surface area contributed by atoms with Crippen LogP contribution < -0.4 is 0 Å². The van der Waals surface area contributed by atoms with Gasteiger partial charge in [-0.3, -0.25) is 4.79 Å². The Morgan fingerprint density at radius 1 is 1.50 bits per heavy atom. The predicted octanol–water partition coefficient (Wildman–Crippen LogP) is 2.90. The molecule has 0 saturated carbocycles. The van der Waals surface area contributed by atoms with E-state index in [0.717, 1.165) is 36.8 Å². The molecule has 1 amide bonds. The molecule has 106 valence electrons. The number of carbonyl (C=O) groups excluding carboxylic acids is 1. The maximum absolute atomic E-state index is 12.2.